The summed E-state index contributed by atoms with van der Waals surface area (Å²) in [5.74, 6) is -2.67. The lowest BCUT2D eigenvalue weighted by Crippen LogP contribution is -2.38. The number of rotatable bonds is 4. The first-order chi connectivity index (χ1) is 14.9. The number of aromatic nitrogens is 3. The molecule has 1 amide bonds. The fraction of sp³-hybridized carbons (Fsp3) is 0.238. The number of pyridine rings is 1. The highest BCUT2D eigenvalue weighted by atomic mass is 19.1. The zero-order chi connectivity index (χ0) is 22.0. The normalized spacial score (nSPS) is 16.2. The Kier molecular flexibility index (Phi) is 5.72. The number of hydrogen-bond acceptors (Lipinski definition) is 7. The lowest BCUT2D eigenvalue weighted by molar-refractivity contribution is 0.102. The number of nitrogens with zero attached hydrogens (tertiary/aromatic N) is 4. The van der Waals surface area contributed by atoms with Crippen LogP contribution in [-0.4, -0.2) is 45.2 Å². The molecule has 3 aromatic rings. The van der Waals surface area contributed by atoms with Crippen molar-refractivity contribution in [2.45, 2.75) is 18.9 Å². The van der Waals surface area contributed by atoms with Gasteiger partial charge in [-0.05, 0) is 31.0 Å². The minimum atomic E-state index is -0.852. The Morgan fingerprint density at radius 1 is 1.23 bits per heavy atom. The Balaban J connectivity index is 1.65. The number of carbonyl (C=O) groups excluding carboxylic acids is 1. The number of amides is 1. The van der Waals surface area contributed by atoms with Crippen molar-refractivity contribution < 1.29 is 18.7 Å². The molecule has 2 aromatic heterocycles. The molecular weight excluding hydrogens is 406 g/mol. The third-order valence-electron chi connectivity index (χ3n) is 5.00. The van der Waals surface area contributed by atoms with Gasteiger partial charge >= 0.3 is 0 Å². The highest BCUT2D eigenvalue weighted by Gasteiger charge is 2.23. The largest absolute Gasteiger partial charge is 0.396 e. The van der Waals surface area contributed by atoms with Crippen LogP contribution in [0.1, 0.15) is 23.3 Å². The molecule has 0 spiro atoms. The first-order valence-corrected chi connectivity index (χ1v) is 9.69. The average molecular weight is 426 g/mol. The van der Waals surface area contributed by atoms with Crippen LogP contribution in [0.5, 0.6) is 0 Å². The molecule has 0 aliphatic carbocycles. The van der Waals surface area contributed by atoms with E-state index in [2.05, 4.69) is 20.3 Å². The molecule has 1 atom stereocenters. The molecule has 31 heavy (non-hydrogen) atoms. The summed E-state index contributed by atoms with van der Waals surface area (Å²) < 4.78 is 28.2. The number of aliphatic hydroxyl groups excluding tert-OH is 1. The number of halogens is 2. The van der Waals surface area contributed by atoms with Gasteiger partial charge in [-0.2, -0.15) is 0 Å². The molecule has 1 aromatic carbocycles. The summed E-state index contributed by atoms with van der Waals surface area (Å²) in [7, 11) is 0. The second kappa shape index (κ2) is 8.60. The smallest absolute Gasteiger partial charge is 0.276 e. The van der Waals surface area contributed by atoms with E-state index in [0.717, 1.165) is 37.7 Å². The molecule has 10 heteroatoms. The molecule has 1 unspecified atom stereocenters. The Labute approximate surface area is 176 Å². The van der Waals surface area contributed by atoms with Gasteiger partial charge < -0.3 is 21.1 Å². The zero-order valence-electron chi connectivity index (χ0n) is 16.4. The molecule has 3 heterocycles. The summed E-state index contributed by atoms with van der Waals surface area (Å²) in [6.07, 6.45) is 5.27. The van der Waals surface area contributed by atoms with E-state index in [-0.39, 0.29) is 17.2 Å². The number of hydrogen-bond donors (Lipinski definition) is 3. The number of benzene rings is 1. The zero-order valence-corrected chi connectivity index (χ0v) is 16.4. The van der Waals surface area contributed by atoms with E-state index < -0.39 is 29.2 Å². The summed E-state index contributed by atoms with van der Waals surface area (Å²) >= 11 is 0. The van der Waals surface area contributed by atoms with Crippen molar-refractivity contribution in [1.29, 1.82) is 0 Å². The number of β-amino-alcohol motifs (C(OH)–C–C–N with tert-alkyl or cyclic N) is 1. The fourth-order valence-electron chi connectivity index (χ4n) is 3.52. The minimum Gasteiger partial charge on any atom is -0.396 e. The van der Waals surface area contributed by atoms with Gasteiger partial charge in [-0.15, -0.1) is 0 Å². The maximum atomic E-state index is 14.1. The number of piperidine rings is 1. The predicted molar refractivity (Wildman–Crippen MR) is 111 cm³/mol. The topological polar surface area (TPSA) is 117 Å². The molecule has 4 rings (SSSR count). The van der Waals surface area contributed by atoms with Gasteiger partial charge in [-0.1, -0.05) is 6.07 Å². The number of carbonyl (C=O) groups is 1. The molecule has 0 radical (unpaired) electrons. The minimum absolute atomic E-state index is 0.0446. The van der Waals surface area contributed by atoms with Crippen LogP contribution in [0.2, 0.25) is 0 Å². The third-order valence-corrected chi connectivity index (χ3v) is 5.00. The Morgan fingerprint density at radius 3 is 2.74 bits per heavy atom. The quantitative estimate of drug-likeness (QED) is 0.587. The van der Waals surface area contributed by atoms with Gasteiger partial charge in [0.1, 0.15) is 11.6 Å². The lowest BCUT2D eigenvalue weighted by atomic mass is 10.1. The molecule has 1 aliphatic rings. The maximum absolute atomic E-state index is 14.1. The standard InChI is InChI=1S/C21H20F2N6O2/c22-13-4-1-5-14(23)18(13)20-26-9-15(24)19(28-20)21(31)27-16-10-25-7-6-17(16)29-8-2-3-12(30)11-29/h1,4-7,9-10,12,30H,2-3,8,11,24H2,(H,27,31). The summed E-state index contributed by atoms with van der Waals surface area (Å²) in [6, 6.07) is 5.11. The molecular formula is C21H20F2N6O2. The summed E-state index contributed by atoms with van der Waals surface area (Å²) in [5, 5.41) is 12.7. The Morgan fingerprint density at radius 2 is 2.00 bits per heavy atom. The van der Waals surface area contributed by atoms with Gasteiger partial charge in [0, 0.05) is 19.3 Å². The van der Waals surface area contributed by atoms with Crippen molar-refractivity contribution in [2.75, 3.05) is 29.0 Å². The molecule has 160 valence electrons. The number of nitrogen functional groups attached to an aromatic ring is 1. The maximum Gasteiger partial charge on any atom is 0.276 e. The van der Waals surface area contributed by atoms with Crippen LogP contribution < -0.4 is 16.0 Å². The van der Waals surface area contributed by atoms with Gasteiger partial charge in [0.15, 0.2) is 11.5 Å². The van der Waals surface area contributed by atoms with Gasteiger partial charge in [-0.3, -0.25) is 9.78 Å². The van der Waals surface area contributed by atoms with Crippen LogP contribution in [0, 0.1) is 11.6 Å². The molecule has 1 fully saturated rings. The highest BCUT2D eigenvalue weighted by molar-refractivity contribution is 6.07. The monoisotopic (exact) mass is 426 g/mol. The lowest BCUT2D eigenvalue weighted by Gasteiger charge is -2.33. The number of nitrogens with two attached hydrogens (primary N) is 1. The van der Waals surface area contributed by atoms with E-state index >= 15 is 0 Å². The Hall–Kier alpha value is -3.66. The van der Waals surface area contributed by atoms with Gasteiger partial charge in [-0.25, -0.2) is 18.7 Å². The van der Waals surface area contributed by atoms with Crippen molar-refractivity contribution in [3.05, 3.63) is 60.2 Å². The number of nitrogens with one attached hydrogen (secondary N) is 1. The first kappa shape index (κ1) is 20.6. The molecule has 1 saturated heterocycles. The van der Waals surface area contributed by atoms with Gasteiger partial charge in [0.25, 0.3) is 5.91 Å². The molecule has 0 bridgehead atoms. The fourth-order valence-corrected chi connectivity index (χ4v) is 3.52. The highest BCUT2D eigenvalue weighted by Crippen LogP contribution is 2.29. The molecule has 0 saturated carbocycles. The van der Waals surface area contributed by atoms with Gasteiger partial charge in [0.2, 0.25) is 0 Å². The predicted octanol–water partition coefficient (Wildman–Crippen LogP) is 2.61. The van der Waals surface area contributed by atoms with Crippen molar-refractivity contribution in [3.63, 3.8) is 0 Å². The summed E-state index contributed by atoms with van der Waals surface area (Å²) in [6.45, 7) is 1.15. The van der Waals surface area contributed by atoms with Crippen LogP contribution in [-0.2, 0) is 0 Å². The van der Waals surface area contributed by atoms with Crippen LogP contribution >= 0.6 is 0 Å². The van der Waals surface area contributed by atoms with E-state index in [1.54, 1.807) is 12.3 Å². The number of anilines is 3. The number of aliphatic hydroxyl groups is 1. The SMILES string of the molecule is Nc1cnc(-c2c(F)cccc2F)nc1C(=O)Nc1cnccc1N1CCCC(O)C1. The van der Waals surface area contributed by atoms with Crippen LogP contribution in [0.15, 0.2) is 42.9 Å². The van der Waals surface area contributed by atoms with Gasteiger partial charge in [0.05, 0.1) is 41.1 Å². The second-order valence-corrected chi connectivity index (χ2v) is 7.18. The van der Waals surface area contributed by atoms with Crippen LogP contribution in [0.4, 0.5) is 25.8 Å². The van der Waals surface area contributed by atoms with Crippen molar-refractivity contribution in [1.82, 2.24) is 15.0 Å². The average Bonchev–Trinajstić information content (AvgIpc) is 2.75. The van der Waals surface area contributed by atoms with E-state index in [1.807, 2.05) is 4.90 Å². The van der Waals surface area contributed by atoms with Crippen LogP contribution in [0.3, 0.4) is 0 Å². The van der Waals surface area contributed by atoms with Crippen molar-refractivity contribution in [2.24, 2.45) is 0 Å². The molecule has 8 nitrogen and oxygen atoms in total. The van der Waals surface area contributed by atoms with Crippen molar-refractivity contribution in [3.8, 4) is 11.4 Å². The van der Waals surface area contributed by atoms with Crippen molar-refractivity contribution >= 4 is 23.0 Å². The Bertz CT molecular complexity index is 1110. The van der Waals surface area contributed by atoms with E-state index in [9.17, 15) is 18.7 Å². The third kappa shape index (κ3) is 4.29. The van der Waals surface area contributed by atoms with E-state index in [1.165, 1.54) is 12.3 Å². The summed E-state index contributed by atoms with van der Waals surface area (Å²) in [5.41, 5.74) is 6.25. The first-order valence-electron chi connectivity index (χ1n) is 9.69. The molecule has 4 N–H and O–H groups in total. The second-order valence-electron chi connectivity index (χ2n) is 7.18. The van der Waals surface area contributed by atoms with E-state index in [4.69, 9.17) is 5.73 Å². The summed E-state index contributed by atoms with van der Waals surface area (Å²) in [4.78, 5) is 26.8. The van der Waals surface area contributed by atoms with Crippen LogP contribution in [0.25, 0.3) is 11.4 Å². The van der Waals surface area contributed by atoms with E-state index in [0.29, 0.717) is 17.9 Å². The molecule has 1 aliphatic heterocycles.